The first kappa shape index (κ1) is 15.0. The van der Waals surface area contributed by atoms with Gasteiger partial charge in [-0.05, 0) is 18.8 Å². The van der Waals surface area contributed by atoms with Crippen molar-refractivity contribution in [2.24, 2.45) is 11.7 Å². The molecule has 1 aliphatic heterocycles. The van der Waals surface area contributed by atoms with E-state index in [2.05, 4.69) is 0 Å². The van der Waals surface area contributed by atoms with E-state index in [0.29, 0.717) is 13.0 Å². The third-order valence-corrected chi connectivity index (χ3v) is 3.62. The van der Waals surface area contributed by atoms with E-state index in [1.54, 1.807) is 0 Å². The molecule has 1 amide bonds. The van der Waals surface area contributed by atoms with E-state index in [4.69, 9.17) is 5.73 Å². The molecule has 0 spiro atoms. The van der Waals surface area contributed by atoms with Crippen molar-refractivity contribution in [3.8, 4) is 0 Å². The fourth-order valence-electron chi connectivity index (χ4n) is 2.22. The van der Waals surface area contributed by atoms with Crippen molar-refractivity contribution in [1.82, 2.24) is 4.90 Å². The van der Waals surface area contributed by atoms with Gasteiger partial charge in [-0.3, -0.25) is 4.79 Å². The topological polar surface area (TPSA) is 83.6 Å². The van der Waals surface area contributed by atoms with Gasteiger partial charge < -0.3 is 15.7 Å². The Hall–Kier alpha value is -1.10. The molecule has 1 saturated heterocycles. The minimum atomic E-state index is -0.900. The molecule has 18 heavy (non-hydrogen) atoms. The zero-order chi connectivity index (χ0) is 13.7. The van der Waals surface area contributed by atoms with Crippen LogP contribution in [0.4, 0.5) is 0 Å². The third kappa shape index (κ3) is 3.98. The van der Waals surface area contributed by atoms with Crippen LogP contribution >= 0.6 is 0 Å². The molecule has 5 heteroatoms. The van der Waals surface area contributed by atoms with Gasteiger partial charge in [0.1, 0.15) is 6.04 Å². The summed E-state index contributed by atoms with van der Waals surface area (Å²) in [6.45, 7) is 4.48. The van der Waals surface area contributed by atoms with Crippen LogP contribution in [0, 0.1) is 5.92 Å². The Labute approximate surface area is 108 Å². The van der Waals surface area contributed by atoms with E-state index in [0.717, 1.165) is 19.3 Å². The largest absolute Gasteiger partial charge is 0.480 e. The second kappa shape index (κ2) is 6.73. The molecule has 1 aliphatic rings. The summed E-state index contributed by atoms with van der Waals surface area (Å²) in [6, 6.07) is -0.866. The van der Waals surface area contributed by atoms with Gasteiger partial charge in [0.25, 0.3) is 0 Å². The third-order valence-electron chi connectivity index (χ3n) is 3.62. The van der Waals surface area contributed by atoms with Gasteiger partial charge in [0, 0.05) is 19.0 Å². The molecule has 5 nitrogen and oxygen atoms in total. The van der Waals surface area contributed by atoms with Crippen molar-refractivity contribution in [3.05, 3.63) is 0 Å². The number of likely N-dealkylation sites (tertiary alicyclic amines) is 1. The van der Waals surface area contributed by atoms with Crippen LogP contribution in [0.3, 0.4) is 0 Å². The molecular weight excluding hydrogens is 232 g/mol. The Morgan fingerprint density at radius 3 is 2.56 bits per heavy atom. The van der Waals surface area contributed by atoms with Gasteiger partial charge in [0.05, 0.1) is 0 Å². The maximum atomic E-state index is 12.2. The number of hydrogen-bond donors (Lipinski definition) is 2. The number of rotatable bonds is 4. The van der Waals surface area contributed by atoms with Crippen molar-refractivity contribution >= 4 is 11.9 Å². The highest BCUT2D eigenvalue weighted by Gasteiger charge is 2.31. The van der Waals surface area contributed by atoms with Gasteiger partial charge in [-0.25, -0.2) is 4.79 Å². The van der Waals surface area contributed by atoms with E-state index in [1.807, 2.05) is 13.8 Å². The molecule has 0 aromatic rings. The van der Waals surface area contributed by atoms with Gasteiger partial charge in [-0.2, -0.15) is 0 Å². The first-order valence-corrected chi connectivity index (χ1v) is 6.71. The molecule has 3 N–H and O–H groups in total. The molecule has 0 aromatic heterocycles. The Balaban J connectivity index is 2.69. The zero-order valence-corrected chi connectivity index (χ0v) is 11.3. The van der Waals surface area contributed by atoms with Crippen LogP contribution in [0.2, 0.25) is 0 Å². The van der Waals surface area contributed by atoms with Gasteiger partial charge >= 0.3 is 5.97 Å². The lowest BCUT2D eigenvalue weighted by molar-refractivity contribution is -0.150. The van der Waals surface area contributed by atoms with E-state index in [9.17, 15) is 14.7 Å². The van der Waals surface area contributed by atoms with Crippen LogP contribution < -0.4 is 5.73 Å². The zero-order valence-electron chi connectivity index (χ0n) is 11.3. The maximum absolute atomic E-state index is 12.2. The predicted molar refractivity (Wildman–Crippen MR) is 69.0 cm³/mol. The molecule has 104 valence electrons. The highest BCUT2D eigenvalue weighted by molar-refractivity contribution is 5.84. The standard InChI is InChI=1S/C13H24N2O3/c1-9(2)10(14)8-12(16)15-7-5-3-4-6-11(15)13(17)18/h9-11H,3-8,14H2,1-2H3,(H,17,18). The lowest BCUT2D eigenvalue weighted by Gasteiger charge is -2.28. The van der Waals surface area contributed by atoms with Gasteiger partial charge in [-0.1, -0.05) is 26.7 Å². The summed E-state index contributed by atoms with van der Waals surface area (Å²) < 4.78 is 0. The van der Waals surface area contributed by atoms with E-state index >= 15 is 0 Å². The quantitative estimate of drug-likeness (QED) is 0.792. The molecule has 1 heterocycles. The molecule has 2 unspecified atom stereocenters. The van der Waals surface area contributed by atoms with E-state index < -0.39 is 12.0 Å². The summed E-state index contributed by atoms with van der Waals surface area (Å²) >= 11 is 0. The minimum Gasteiger partial charge on any atom is -0.480 e. The van der Waals surface area contributed by atoms with Crippen molar-refractivity contribution in [2.75, 3.05) is 6.54 Å². The van der Waals surface area contributed by atoms with Gasteiger partial charge in [0.15, 0.2) is 0 Å². The SMILES string of the molecule is CC(C)C(N)CC(=O)N1CCCCCC1C(=O)O. The molecule has 0 radical (unpaired) electrons. The Morgan fingerprint density at radius 2 is 2.00 bits per heavy atom. The second-order valence-electron chi connectivity index (χ2n) is 5.40. The number of amides is 1. The summed E-state index contributed by atoms with van der Waals surface area (Å²) in [5, 5.41) is 9.20. The Morgan fingerprint density at radius 1 is 1.33 bits per heavy atom. The minimum absolute atomic E-state index is 0.120. The summed E-state index contributed by atoms with van der Waals surface area (Å²) in [4.78, 5) is 24.9. The average molecular weight is 256 g/mol. The fraction of sp³-hybridized carbons (Fsp3) is 0.846. The molecule has 0 saturated carbocycles. The number of carbonyl (C=O) groups excluding carboxylic acids is 1. The number of carbonyl (C=O) groups is 2. The average Bonchev–Trinajstić information content (AvgIpc) is 2.53. The lowest BCUT2D eigenvalue weighted by atomic mass is 10.0. The number of carboxylic acid groups (broad SMARTS) is 1. The Bertz CT molecular complexity index is 305. The first-order valence-electron chi connectivity index (χ1n) is 6.71. The van der Waals surface area contributed by atoms with Gasteiger partial charge in [-0.15, -0.1) is 0 Å². The molecule has 2 atom stereocenters. The van der Waals surface area contributed by atoms with Crippen molar-refractivity contribution in [2.45, 2.75) is 58.0 Å². The number of nitrogens with zero attached hydrogens (tertiary/aromatic N) is 1. The van der Waals surface area contributed by atoms with Crippen LogP contribution in [-0.4, -0.2) is 40.5 Å². The Kier molecular flexibility index (Phi) is 5.59. The van der Waals surface area contributed by atoms with Crippen LogP contribution in [0.1, 0.15) is 46.0 Å². The summed E-state index contributed by atoms with van der Waals surface area (Å²) in [5.74, 6) is -0.793. The summed E-state index contributed by atoms with van der Waals surface area (Å²) in [6.07, 6.45) is 3.53. The molecule has 0 bridgehead atoms. The van der Waals surface area contributed by atoms with E-state index in [-0.39, 0.29) is 24.3 Å². The number of nitrogens with two attached hydrogens (primary N) is 1. The predicted octanol–water partition coefficient (Wildman–Crippen LogP) is 1.22. The van der Waals surface area contributed by atoms with Crippen molar-refractivity contribution < 1.29 is 14.7 Å². The number of aliphatic carboxylic acids is 1. The molecule has 0 aromatic carbocycles. The molecule has 0 aliphatic carbocycles. The van der Waals surface area contributed by atoms with Crippen LogP contribution in [0.5, 0.6) is 0 Å². The number of carboxylic acids is 1. The molecular formula is C13H24N2O3. The molecule has 1 fully saturated rings. The summed E-state index contributed by atoms with van der Waals surface area (Å²) in [7, 11) is 0. The number of hydrogen-bond acceptors (Lipinski definition) is 3. The second-order valence-corrected chi connectivity index (χ2v) is 5.40. The van der Waals surface area contributed by atoms with E-state index in [1.165, 1.54) is 4.90 Å². The summed E-state index contributed by atoms with van der Waals surface area (Å²) in [5.41, 5.74) is 5.89. The highest BCUT2D eigenvalue weighted by atomic mass is 16.4. The maximum Gasteiger partial charge on any atom is 0.326 e. The normalized spacial score (nSPS) is 22.7. The highest BCUT2D eigenvalue weighted by Crippen LogP contribution is 2.19. The van der Waals surface area contributed by atoms with Crippen LogP contribution in [-0.2, 0) is 9.59 Å². The smallest absolute Gasteiger partial charge is 0.326 e. The van der Waals surface area contributed by atoms with Crippen molar-refractivity contribution in [1.29, 1.82) is 0 Å². The molecule has 1 rings (SSSR count). The first-order chi connectivity index (χ1) is 8.43. The van der Waals surface area contributed by atoms with Gasteiger partial charge in [0.2, 0.25) is 5.91 Å². The van der Waals surface area contributed by atoms with Crippen LogP contribution in [0.25, 0.3) is 0 Å². The monoisotopic (exact) mass is 256 g/mol. The lowest BCUT2D eigenvalue weighted by Crippen LogP contribution is -2.46. The fourth-order valence-corrected chi connectivity index (χ4v) is 2.22. The van der Waals surface area contributed by atoms with Crippen molar-refractivity contribution in [3.63, 3.8) is 0 Å². The van der Waals surface area contributed by atoms with Crippen LogP contribution in [0.15, 0.2) is 0 Å².